The lowest BCUT2D eigenvalue weighted by Gasteiger charge is -2.41. The van der Waals surface area contributed by atoms with Crippen LogP contribution in [0.4, 0.5) is 9.59 Å². The number of carbonyl (C=O) groups excluding carboxylic acids is 2. The van der Waals surface area contributed by atoms with Gasteiger partial charge in [-0.1, -0.05) is 29.3 Å². The second-order valence-corrected chi connectivity index (χ2v) is 14.0. The fourth-order valence-corrected chi connectivity index (χ4v) is 4.68. The number of hydrogen-bond acceptors (Lipinski definition) is 8. The summed E-state index contributed by atoms with van der Waals surface area (Å²) in [6.07, 6.45) is 6.77. The SMILES string of the molecule is C=CCc1cc(OC[C@@H]2CCN2C(=O)OC(C)(C)C)cnc1Cl.CC(C)(C)OC(=O)N1CC[C@H]1COc1cnc(Cl)c(Br)c1. The first-order valence-corrected chi connectivity index (χ1v) is 15.9. The van der Waals surface area contributed by atoms with Crippen LogP contribution in [0.5, 0.6) is 11.5 Å². The molecular weight excluding hydrogens is 675 g/mol. The average Bonchev–Trinajstić information content (AvgIpc) is 2.85. The van der Waals surface area contributed by atoms with Gasteiger partial charge >= 0.3 is 12.2 Å². The van der Waals surface area contributed by atoms with Gasteiger partial charge in [0.25, 0.3) is 0 Å². The van der Waals surface area contributed by atoms with E-state index >= 15 is 0 Å². The van der Waals surface area contributed by atoms with Crippen LogP contribution in [0.15, 0.2) is 41.7 Å². The Morgan fingerprint density at radius 2 is 1.34 bits per heavy atom. The second-order valence-electron chi connectivity index (χ2n) is 12.4. The van der Waals surface area contributed by atoms with E-state index in [0.29, 0.717) is 59.0 Å². The zero-order valence-corrected chi connectivity index (χ0v) is 29.2. The third kappa shape index (κ3) is 11.0. The standard InChI is InChI=1S/C17H23ClN2O3.C14H18BrClN2O3/c1-5-6-12-9-14(10-19-15(12)18)22-11-13-7-8-20(13)16(21)23-17(2,3)4;1-14(2,3)21-13(19)18-5-4-9(18)8-20-10-6-11(15)12(16)17-7-10/h5,9-10,13H,1,6-8,11H2,2-4H3;6-7,9H,4-5,8H2,1-3H3/t13-;9-/m00/s1. The van der Waals surface area contributed by atoms with Crippen molar-refractivity contribution < 1.29 is 28.5 Å². The van der Waals surface area contributed by atoms with E-state index in [4.69, 9.17) is 42.1 Å². The molecule has 2 saturated heterocycles. The second kappa shape index (κ2) is 15.5. The number of hydrogen-bond donors (Lipinski definition) is 0. The van der Waals surface area contributed by atoms with Crippen LogP contribution in [0.2, 0.25) is 10.3 Å². The average molecular weight is 717 g/mol. The van der Waals surface area contributed by atoms with Crippen molar-refractivity contribution in [1.29, 1.82) is 0 Å². The number of allylic oxidation sites excluding steroid dienone is 1. The highest BCUT2D eigenvalue weighted by Gasteiger charge is 2.36. The van der Waals surface area contributed by atoms with Gasteiger partial charge in [0.2, 0.25) is 0 Å². The maximum atomic E-state index is 12.1. The summed E-state index contributed by atoms with van der Waals surface area (Å²) >= 11 is 15.1. The monoisotopic (exact) mass is 714 g/mol. The number of amides is 2. The van der Waals surface area contributed by atoms with Gasteiger partial charge in [0.05, 0.1) is 29.0 Å². The molecule has 2 aliphatic heterocycles. The molecule has 0 unspecified atom stereocenters. The van der Waals surface area contributed by atoms with E-state index in [1.165, 1.54) is 0 Å². The number of ether oxygens (including phenoxy) is 4. The molecule has 10 nitrogen and oxygen atoms in total. The van der Waals surface area contributed by atoms with E-state index in [-0.39, 0.29) is 24.3 Å². The Kier molecular flexibility index (Phi) is 12.6. The topological polar surface area (TPSA) is 103 Å². The Morgan fingerprint density at radius 1 is 0.886 bits per heavy atom. The number of nitrogens with zero attached hydrogens (tertiary/aromatic N) is 4. The minimum atomic E-state index is -0.488. The molecule has 44 heavy (non-hydrogen) atoms. The highest BCUT2D eigenvalue weighted by Crippen LogP contribution is 2.27. The van der Waals surface area contributed by atoms with Crippen LogP contribution in [0.1, 0.15) is 59.9 Å². The van der Waals surface area contributed by atoms with E-state index < -0.39 is 11.2 Å². The molecule has 0 spiro atoms. The van der Waals surface area contributed by atoms with Gasteiger partial charge in [0, 0.05) is 13.1 Å². The van der Waals surface area contributed by atoms with E-state index in [9.17, 15) is 9.59 Å². The predicted octanol–water partition coefficient (Wildman–Crippen LogP) is 7.74. The molecule has 0 aliphatic carbocycles. The van der Waals surface area contributed by atoms with Crippen molar-refractivity contribution in [1.82, 2.24) is 19.8 Å². The molecule has 0 N–H and O–H groups in total. The first kappa shape index (κ1) is 35.7. The van der Waals surface area contributed by atoms with Crippen molar-refractivity contribution in [2.45, 2.75) is 84.1 Å². The van der Waals surface area contributed by atoms with Gasteiger partial charge in [-0.15, -0.1) is 6.58 Å². The normalized spacial score (nSPS) is 17.8. The van der Waals surface area contributed by atoms with E-state index in [2.05, 4.69) is 32.5 Å². The Bertz CT molecular complexity index is 1320. The van der Waals surface area contributed by atoms with Gasteiger partial charge < -0.3 is 28.7 Å². The fourth-order valence-electron chi connectivity index (χ4n) is 4.07. The molecule has 4 heterocycles. The maximum Gasteiger partial charge on any atom is 0.410 e. The molecule has 2 amide bonds. The van der Waals surface area contributed by atoms with Crippen molar-refractivity contribution in [3.8, 4) is 11.5 Å². The molecular formula is C31H41BrCl2N4O6. The van der Waals surface area contributed by atoms with Crippen LogP contribution in [0.25, 0.3) is 0 Å². The highest BCUT2D eigenvalue weighted by molar-refractivity contribution is 9.10. The van der Waals surface area contributed by atoms with Crippen molar-refractivity contribution in [3.63, 3.8) is 0 Å². The molecule has 0 radical (unpaired) electrons. The maximum absolute atomic E-state index is 12.1. The van der Waals surface area contributed by atoms with Gasteiger partial charge in [-0.05, 0) is 94.4 Å². The smallest absolute Gasteiger partial charge is 0.410 e. The predicted molar refractivity (Wildman–Crippen MR) is 174 cm³/mol. The minimum absolute atomic E-state index is 0.0309. The summed E-state index contributed by atoms with van der Waals surface area (Å²) in [7, 11) is 0. The van der Waals surface area contributed by atoms with Crippen molar-refractivity contribution in [2.75, 3.05) is 26.3 Å². The number of aromatic nitrogens is 2. The molecule has 2 aliphatic rings. The van der Waals surface area contributed by atoms with Crippen molar-refractivity contribution >= 4 is 51.3 Å². The highest BCUT2D eigenvalue weighted by atomic mass is 79.9. The summed E-state index contributed by atoms with van der Waals surface area (Å²) in [5.74, 6) is 1.25. The zero-order valence-electron chi connectivity index (χ0n) is 26.1. The lowest BCUT2D eigenvalue weighted by molar-refractivity contribution is -0.0149. The molecule has 13 heteroatoms. The largest absolute Gasteiger partial charge is 0.490 e. The molecule has 2 aromatic heterocycles. The number of likely N-dealkylation sites (tertiary alicyclic amines) is 2. The molecule has 0 aromatic carbocycles. The van der Waals surface area contributed by atoms with Crippen molar-refractivity contribution in [2.24, 2.45) is 0 Å². The third-order valence-corrected chi connectivity index (χ3v) is 7.93. The zero-order chi connectivity index (χ0) is 32.7. The van der Waals surface area contributed by atoms with Crippen LogP contribution >= 0.6 is 39.1 Å². The number of pyridine rings is 2. The lowest BCUT2D eigenvalue weighted by Crippen LogP contribution is -2.55. The summed E-state index contributed by atoms with van der Waals surface area (Å²) < 4.78 is 22.8. The van der Waals surface area contributed by atoms with E-state index in [1.54, 1.807) is 34.3 Å². The summed E-state index contributed by atoms with van der Waals surface area (Å²) in [4.78, 5) is 35.5. The number of rotatable bonds is 8. The fraction of sp³-hybridized carbons (Fsp3) is 0.548. The van der Waals surface area contributed by atoms with Crippen LogP contribution in [-0.2, 0) is 15.9 Å². The number of carbonyl (C=O) groups is 2. The molecule has 2 fully saturated rings. The van der Waals surface area contributed by atoms with Crippen molar-refractivity contribution in [3.05, 3.63) is 57.5 Å². The van der Waals surface area contributed by atoms with Gasteiger partial charge in [-0.25, -0.2) is 19.6 Å². The van der Waals surface area contributed by atoms with E-state index in [1.807, 2.05) is 47.6 Å². The van der Waals surface area contributed by atoms with E-state index in [0.717, 1.165) is 18.4 Å². The molecule has 242 valence electrons. The molecule has 2 atom stereocenters. The molecule has 2 aromatic rings. The third-order valence-electron chi connectivity index (χ3n) is 6.45. The van der Waals surface area contributed by atoms with Crippen LogP contribution in [0, 0.1) is 0 Å². The Hall–Kier alpha value is -2.76. The first-order valence-electron chi connectivity index (χ1n) is 14.4. The summed E-state index contributed by atoms with van der Waals surface area (Å²) in [5.41, 5.74) is -0.0994. The lowest BCUT2D eigenvalue weighted by atomic mass is 10.1. The van der Waals surface area contributed by atoms with Gasteiger partial charge in [-0.3, -0.25) is 0 Å². The number of halogens is 3. The summed E-state index contributed by atoms with van der Waals surface area (Å²) in [6, 6.07) is 3.68. The Balaban J connectivity index is 0.000000241. The Morgan fingerprint density at radius 3 is 1.73 bits per heavy atom. The molecule has 0 bridgehead atoms. The van der Waals surface area contributed by atoms with Gasteiger partial charge in [0.1, 0.15) is 46.2 Å². The quantitative estimate of drug-likeness (QED) is 0.202. The summed E-state index contributed by atoms with van der Waals surface area (Å²) in [5, 5.41) is 0.845. The molecule has 0 saturated carbocycles. The van der Waals surface area contributed by atoms with Crippen LogP contribution in [0.3, 0.4) is 0 Å². The first-order chi connectivity index (χ1) is 20.6. The Labute approximate surface area is 278 Å². The van der Waals surface area contributed by atoms with Gasteiger partial charge in [0.15, 0.2) is 0 Å². The molecule has 4 rings (SSSR count). The summed E-state index contributed by atoms with van der Waals surface area (Å²) in [6.45, 7) is 17.1. The van der Waals surface area contributed by atoms with Gasteiger partial charge in [-0.2, -0.15) is 0 Å². The van der Waals surface area contributed by atoms with Crippen LogP contribution < -0.4 is 9.47 Å². The minimum Gasteiger partial charge on any atom is -0.490 e. The van der Waals surface area contributed by atoms with Crippen LogP contribution in [-0.4, -0.2) is 81.5 Å².